The largest absolute Gasteiger partial charge is 0.373 e. The van der Waals surface area contributed by atoms with Crippen molar-refractivity contribution in [3.63, 3.8) is 0 Å². The van der Waals surface area contributed by atoms with Gasteiger partial charge in [-0.3, -0.25) is 4.90 Å². The molecule has 1 aliphatic heterocycles. The molecule has 0 bridgehead atoms. The number of aryl methyl sites for hydroxylation is 1. The highest BCUT2D eigenvalue weighted by molar-refractivity contribution is 5.35. The molecule has 2 rings (SSSR count). The monoisotopic (exact) mass is 250 g/mol. The van der Waals surface area contributed by atoms with Gasteiger partial charge >= 0.3 is 0 Å². The molecule has 0 radical (unpaired) electrons. The highest BCUT2D eigenvalue weighted by atomic mass is 16.5. The highest BCUT2D eigenvalue weighted by Gasteiger charge is 2.24. The van der Waals surface area contributed by atoms with Gasteiger partial charge in [-0.05, 0) is 19.9 Å². The maximum absolute atomic E-state index is 5.80. The van der Waals surface area contributed by atoms with Crippen molar-refractivity contribution in [2.24, 2.45) is 0 Å². The molecule has 1 unspecified atom stereocenters. The normalized spacial score (nSPS) is 20.9. The minimum atomic E-state index is -0.00250. The molecule has 1 fully saturated rings. The van der Waals surface area contributed by atoms with E-state index in [1.54, 1.807) is 0 Å². The fourth-order valence-electron chi connectivity index (χ4n) is 2.24. The Morgan fingerprint density at radius 1 is 1.50 bits per heavy atom. The van der Waals surface area contributed by atoms with Crippen LogP contribution in [0.15, 0.2) is 6.07 Å². The van der Waals surface area contributed by atoms with Crippen LogP contribution in [0.3, 0.4) is 0 Å². The van der Waals surface area contributed by atoms with Crippen LogP contribution in [0.25, 0.3) is 0 Å². The van der Waals surface area contributed by atoms with E-state index >= 15 is 0 Å². The quantitative estimate of drug-likeness (QED) is 0.880. The van der Waals surface area contributed by atoms with Crippen LogP contribution in [0, 0.1) is 6.92 Å². The molecule has 100 valence electrons. The Hall–Kier alpha value is -1.20. The molecule has 0 saturated carbocycles. The molecule has 1 saturated heterocycles. The zero-order chi connectivity index (χ0) is 13.0. The Kier molecular flexibility index (Phi) is 4.49. The standard InChI is InChI=1S/C13H22N4O/c1-4-5-17-6-7-18-11(9-17)13-15-10(2)8-12(14-3)16-13/h8,11H,4-7,9H2,1-3H3,(H,14,15,16). The maximum atomic E-state index is 5.80. The van der Waals surface area contributed by atoms with E-state index in [1.165, 1.54) is 6.42 Å². The van der Waals surface area contributed by atoms with Crippen LogP contribution < -0.4 is 5.32 Å². The number of rotatable bonds is 4. The summed E-state index contributed by atoms with van der Waals surface area (Å²) in [5.74, 6) is 1.65. The summed E-state index contributed by atoms with van der Waals surface area (Å²) in [7, 11) is 1.87. The smallest absolute Gasteiger partial charge is 0.161 e. The minimum absolute atomic E-state index is 0.00250. The van der Waals surface area contributed by atoms with Crippen molar-refractivity contribution >= 4 is 5.82 Å². The van der Waals surface area contributed by atoms with E-state index in [1.807, 2.05) is 20.0 Å². The first-order valence-electron chi connectivity index (χ1n) is 6.60. The minimum Gasteiger partial charge on any atom is -0.373 e. The lowest BCUT2D eigenvalue weighted by atomic mass is 10.2. The summed E-state index contributed by atoms with van der Waals surface area (Å²) < 4.78 is 5.80. The lowest BCUT2D eigenvalue weighted by Crippen LogP contribution is -2.39. The van der Waals surface area contributed by atoms with Crippen LogP contribution in [0.1, 0.15) is 31.0 Å². The molecule has 1 aliphatic rings. The molecule has 1 aromatic rings. The Balaban J connectivity index is 2.12. The van der Waals surface area contributed by atoms with Crippen LogP contribution >= 0.6 is 0 Å². The van der Waals surface area contributed by atoms with Gasteiger partial charge in [0.2, 0.25) is 0 Å². The van der Waals surface area contributed by atoms with Crippen LogP contribution in [-0.4, -0.2) is 48.2 Å². The van der Waals surface area contributed by atoms with Gasteiger partial charge in [0.05, 0.1) is 6.61 Å². The second-order valence-corrected chi connectivity index (χ2v) is 4.66. The predicted octanol–water partition coefficient (Wildman–Crippen LogP) is 1.61. The van der Waals surface area contributed by atoms with Gasteiger partial charge in [-0.15, -0.1) is 0 Å². The van der Waals surface area contributed by atoms with Gasteiger partial charge < -0.3 is 10.1 Å². The first-order valence-corrected chi connectivity index (χ1v) is 6.60. The molecule has 1 atom stereocenters. The van der Waals surface area contributed by atoms with Gasteiger partial charge in [0.1, 0.15) is 11.9 Å². The van der Waals surface area contributed by atoms with Crippen molar-refractivity contribution in [3.05, 3.63) is 17.6 Å². The van der Waals surface area contributed by atoms with E-state index in [0.717, 1.165) is 43.6 Å². The van der Waals surface area contributed by atoms with Crippen molar-refractivity contribution in [1.29, 1.82) is 0 Å². The van der Waals surface area contributed by atoms with Gasteiger partial charge in [-0.2, -0.15) is 0 Å². The van der Waals surface area contributed by atoms with E-state index in [4.69, 9.17) is 4.74 Å². The van der Waals surface area contributed by atoms with Crippen molar-refractivity contribution in [3.8, 4) is 0 Å². The Morgan fingerprint density at radius 3 is 3.06 bits per heavy atom. The van der Waals surface area contributed by atoms with Crippen LogP contribution in [0.2, 0.25) is 0 Å². The van der Waals surface area contributed by atoms with Gasteiger partial charge in [-0.1, -0.05) is 6.92 Å². The number of ether oxygens (including phenoxy) is 1. The summed E-state index contributed by atoms with van der Waals surface area (Å²) in [6.07, 6.45) is 1.17. The number of hydrogen-bond acceptors (Lipinski definition) is 5. The third-order valence-electron chi connectivity index (χ3n) is 3.11. The number of anilines is 1. The number of nitrogens with zero attached hydrogens (tertiary/aromatic N) is 3. The van der Waals surface area contributed by atoms with Gasteiger partial charge in [0, 0.05) is 31.9 Å². The van der Waals surface area contributed by atoms with E-state index < -0.39 is 0 Å². The molecular formula is C13H22N4O. The Morgan fingerprint density at radius 2 is 2.33 bits per heavy atom. The summed E-state index contributed by atoms with van der Waals surface area (Å²) in [5.41, 5.74) is 0.973. The molecular weight excluding hydrogens is 228 g/mol. The molecule has 0 spiro atoms. The molecule has 1 aromatic heterocycles. The topological polar surface area (TPSA) is 50.3 Å². The SMILES string of the molecule is CCCN1CCOC(c2nc(C)cc(NC)n2)C1. The lowest BCUT2D eigenvalue weighted by molar-refractivity contribution is -0.0342. The lowest BCUT2D eigenvalue weighted by Gasteiger charge is -2.32. The number of hydrogen-bond donors (Lipinski definition) is 1. The fraction of sp³-hybridized carbons (Fsp3) is 0.692. The molecule has 5 heteroatoms. The van der Waals surface area contributed by atoms with Crippen molar-refractivity contribution in [2.75, 3.05) is 38.6 Å². The van der Waals surface area contributed by atoms with Gasteiger partial charge in [0.15, 0.2) is 5.82 Å². The first kappa shape index (κ1) is 13.2. The van der Waals surface area contributed by atoms with Crippen LogP contribution in [0.4, 0.5) is 5.82 Å². The van der Waals surface area contributed by atoms with E-state index in [0.29, 0.717) is 0 Å². The maximum Gasteiger partial charge on any atom is 0.161 e. The fourth-order valence-corrected chi connectivity index (χ4v) is 2.24. The highest BCUT2D eigenvalue weighted by Crippen LogP contribution is 2.20. The first-order chi connectivity index (χ1) is 8.72. The average molecular weight is 250 g/mol. The number of nitrogens with one attached hydrogen (secondary N) is 1. The molecule has 2 heterocycles. The summed E-state index contributed by atoms with van der Waals surface area (Å²) in [4.78, 5) is 11.4. The van der Waals surface area contributed by atoms with Gasteiger partial charge in [-0.25, -0.2) is 9.97 Å². The summed E-state index contributed by atoms with van der Waals surface area (Å²) in [5, 5.41) is 3.06. The van der Waals surface area contributed by atoms with Crippen LogP contribution in [0.5, 0.6) is 0 Å². The summed E-state index contributed by atoms with van der Waals surface area (Å²) in [6, 6.07) is 1.94. The molecule has 0 aromatic carbocycles. The Bertz CT molecular complexity index is 395. The molecule has 18 heavy (non-hydrogen) atoms. The van der Waals surface area contributed by atoms with E-state index in [2.05, 4.69) is 27.1 Å². The third-order valence-corrected chi connectivity index (χ3v) is 3.11. The van der Waals surface area contributed by atoms with Crippen molar-refractivity contribution < 1.29 is 4.74 Å². The molecule has 5 nitrogen and oxygen atoms in total. The molecule has 0 amide bonds. The van der Waals surface area contributed by atoms with Crippen molar-refractivity contribution in [1.82, 2.24) is 14.9 Å². The zero-order valence-electron chi connectivity index (χ0n) is 11.4. The zero-order valence-corrected chi connectivity index (χ0v) is 11.4. The second-order valence-electron chi connectivity index (χ2n) is 4.66. The summed E-state index contributed by atoms with van der Waals surface area (Å²) >= 11 is 0. The van der Waals surface area contributed by atoms with E-state index in [9.17, 15) is 0 Å². The summed E-state index contributed by atoms with van der Waals surface area (Å²) in [6.45, 7) is 7.96. The molecule has 0 aliphatic carbocycles. The third kappa shape index (κ3) is 3.17. The average Bonchev–Trinajstić information content (AvgIpc) is 2.39. The second kappa shape index (κ2) is 6.11. The number of morpholine rings is 1. The predicted molar refractivity (Wildman–Crippen MR) is 71.7 cm³/mol. The van der Waals surface area contributed by atoms with Gasteiger partial charge in [0.25, 0.3) is 0 Å². The van der Waals surface area contributed by atoms with Crippen molar-refractivity contribution in [2.45, 2.75) is 26.4 Å². The Labute approximate surface area is 109 Å². The van der Waals surface area contributed by atoms with E-state index in [-0.39, 0.29) is 6.10 Å². The van der Waals surface area contributed by atoms with Crippen LogP contribution in [-0.2, 0) is 4.74 Å². The number of aromatic nitrogens is 2. The molecule has 1 N–H and O–H groups in total.